The molecular weight excluding hydrogens is 300 g/mol. The van der Waals surface area contributed by atoms with Crippen molar-refractivity contribution in [2.75, 3.05) is 6.61 Å². The van der Waals surface area contributed by atoms with Crippen LogP contribution in [-0.2, 0) is 9.53 Å². The first-order valence-electron chi connectivity index (χ1n) is 10.2. The highest BCUT2D eigenvalue weighted by Gasteiger charge is 2.47. The third-order valence-electron chi connectivity index (χ3n) is 5.90. The van der Waals surface area contributed by atoms with Crippen molar-refractivity contribution in [3.8, 4) is 0 Å². The van der Waals surface area contributed by atoms with Crippen LogP contribution in [0.1, 0.15) is 84.0 Å². The Labute approximate surface area is 147 Å². The highest BCUT2D eigenvalue weighted by Crippen LogP contribution is 2.51. The van der Waals surface area contributed by atoms with Crippen molar-refractivity contribution < 1.29 is 14.6 Å². The first-order valence-corrected chi connectivity index (χ1v) is 10.2. The predicted molar refractivity (Wildman–Crippen MR) is 98.1 cm³/mol. The third-order valence-corrected chi connectivity index (χ3v) is 5.90. The number of allylic oxidation sites excluding steroid dienone is 2. The van der Waals surface area contributed by atoms with Crippen LogP contribution < -0.4 is 0 Å². The van der Waals surface area contributed by atoms with E-state index in [0.29, 0.717) is 12.0 Å². The zero-order valence-electron chi connectivity index (χ0n) is 15.4. The lowest BCUT2D eigenvalue weighted by Crippen LogP contribution is -2.30. The van der Waals surface area contributed by atoms with Gasteiger partial charge < -0.3 is 9.84 Å². The summed E-state index contributed by atoms with van der Waals surface area (Å²) in [5, 5.41) is 8.66. The maximum atomic E-state index is 10.5. The molecule has 0 spiro atoms. The molecule has 0 radical (unpaired) electrons. The van der Waals surface area contributed by atoms with Gasteiger partial charge >= 0.3 is 5.97 Å². The van der Waals surface area contributed by atoms with E-state index in [4.69, 9.17) is 9.84 Å². The first kappa shape index (κ1) is 19.5. The molecule has 0 aliphatic heterocycles. The summed E-state index contributed by atoms with van der Waals surface area (Å²) in [6.07, 6.45) is 18.6. The van der Waals surface area contributed by atoms with Crippen LogP contribution in [0, 0.1) is 17.8 Å². The summed E-state index contributed by atoms with van der Waals surface area (Å²) in [6, 6.07) is 0. The fraction of sp³-hybridized carbons (Fsp3) is 0.857. The molecule has 0 unspecified atom stereocenters. The molecule has 4 atom stereocenters. The van der Waals surface area contributed by atoms with E-state index in [1.54, 1.807) is 0 Å². The molecule has 138 valence electrons. The maximum Gasteiger partial charge on any atom is 0.303 e. The number of ether oxygens (including phenoxy) is 1. The molecule has 24 heavy (non-hydrogen) atoms. The number of rotatable bonds is 13. The van der Waals surface area contributed by atoms with E-state index in [1.165, 1.54) is 51.4 Å². The Morgan fingerprint density at radius 2 is 1.88 bits per heavy atom. The van der Waals surface area contributed by atoms with Gasteiger partial charge in [0.1, 0.15) is 0 Å². The first-order chi connectivity index (χ1) is 11.7. The summed E-state index contributed by atoms with van der Waals surface area (Å²) in [4.78, 5) is 10.5. The van der Waals surface area contributed by atoms with E-state index in [0.717, 1.165) is 37.7 Å². The van der Waals surface area contributed by atoms with E-state index < -0.39 is 5.97 Å². The lowest BCUT2D eigenvalue weighted by Gasteiger charge is -2.30. The zero-order valence-corrected chi connectivity index (χ0v) is 15.4. The molecule has 2 saturated carbocycles. The number of aliphatic carboxylic acids is 1. The van der Waals surface area contributed by atoms with Crippen molar-refractivity contribution >= 4 is 5.97 Å². The lowest BCUT2D eigenvalue weighted by molar-refractivity contribution is -0.137. The summed E-state index contributed by atoms with van der Waals surface area (Å²) in [6.45, 7) is 3.20. The SMILES string of the molecule is CCCCCCCO[C@@H]1[C@H]2CC[C@H](C2)[C@H]1C/C=C\CCCC(=O)O. The van der Waals surface area contributed by atoms with Crippen LogP contribution in [0.2, 0.25) is 0 Å². The molecule has 3 nitrogen and oxygen atoms in total. The van der Waals surface area contributed by atoms with Gasteiger partial charge in [-0.25, -0.2) is 0 Å². The summed E-state index contributed by atoms with van der Waals surface area (Å²) in [5.41, 5.74) is 0. The quantitative estimate of drug-likeness (QED) is 0.352. The second-order valence-corrected chi connectivity index (χ2v) is 7.74. The van der Waals surface area contributed by atoms with Gasteiger partial charge in [-0.05, 0) is 62.7 Å². The zero-order chi connectivity index (χ0) is 17.2. The second-order valence-electron chi connectivity index (χ2n) is 7.74. The molecule has 2 aliphatic rings. The Morgan fingerprint density at radius 1 is 1.08 bits per heavy atom. The summed E-state index contributed by atoms with van der Waals surface area (Å²) >= 11 is 0. The Morgan fingerprint density at radius 3 is 2.67 bits per heavy atom. The summed E-state index contributed by atoms with van der Waals surface area (Å²) in [7, 11) is 0. The number of fused-ring (bicyclic) bond motifs is 2. The van der Waals surface area contributed by atoms with Gasteiger partial charge in [-0.15, -0.1) is 0 Å². The Hall–Kier alpha value is -0.830. The van der Waals surface area contributed by atoms with Crippen LogP contribution in [-0.4, -0.2) is 23.8 Å². The lowest BCUT2D eigenvalue weighted by atomic mass is 9.84. The van der Waals surface area contributed by atoms with Gasteiger partial charge in [-0.2, -0.15) is 0 Å². The van der Waals surface area contributed by atoms with Crippen molar-refractivity contribution in [2.45, 2.75) is 90.1 Å². The van der Waals surface area contributed by atoms with Gasteiger partial charge in [-0.1, -0.05) is 44.8 Å². The molecule has 2 rings (SSSR count). The molecule has 0 saturated heterocycles. The molecule has 3 heteroatoms. The molecular formula is C21H36O3. The second kappa shape index (κ2) is 10.9. The van der Waals surface area contributed by atoms with E-state index in [-0.39, 0.29) is 6.42 Å². The number of hydrogen-bond acceptors (Lipinski definition) is 2. The highest BCUT2D eigenvalue weighted by molar-refractivity contribution is 5.66. The van der Waals surface area contributed by atoms with Gasteiger partial charge in [0.2, 0.25) is 0 Å². The molecule has 0 aromatic carbocycles. The predicted octanol–water partition coefficient (Wildman–Crippen LogP) is 5.59. The molecule has 0 aromatic rings. The number of unbranched alkanes of at least 4 members (excludes halogenated alkanes) is 5. The van der Waals surface area contributed by atoms with Crippen LogP contribution >= 0.6 is 0 Å². The number of carboxylic acids is 1. The van der Waals surface area contributed by atoms with E-state index in [2.05, 4.69) is 19.1 Å². The Balaban J connectivity index is 1.65. The van der Waals surface area contributed by atoms with Gasteiger partial charge in [-0.3, -0.25) is 4.79 Å². The largest absolute Gasteiger partial charge is 0.481 e. The van der Waals surface area contributed by atoms with Crippen molar-refractivity contribution in [1.82, 2.24) is 0 Å². The maximum absolute atomic E-state index is 10.5. The van der Waals surface area contributed by atoms with E-state index in [1.807, 2.05) is 0 Å². The van der Waals surface area contributed by atoms with Crippen LogP contribution in [0.15, 0.2) is 12.2 Å². The molecule has 2 fully saturated rings. The van der Waals surface area contributed by atoms with Crippen LogP contribution in [0.25, 0.3) is 0 Å². The fourth-order valence-electron chi connectivity index (χ4n) is 4.61. The minimum absolute atomic E-state index is 0.280. The van der Waals surface area contributed by atoms with Crippen molar-refractivity contribution in [3.63, 3.8) is 0 Å². The standard InChI is InChI=1S/C21H36O3/c1-2-3-4-7-10-15-24-21-18-14-13-17(16-18)19(21)11-8-5-6-9-12-20(22)23/h5,8,17-19,21H,2-4,6-7,9-16H2,1H3,(H,22,23)/b8-5-/t17-,18+,19-,21-/m1/s1. The van der Waals surface area contributed by atoms with E-state index >= 15 is 0 Å². The van der Waals surface area contributed by atoms with Crippen molar-refractivity contribution in [3.05, 3.63) is 12.2 Å². The van der Waals surface area contributed by atoms with Crippen molar-refractivity contribution in [1.29, 1.82) is 0 Å². The molecule has 0 amide bonds. The Kier molecular flexibility index (Phi) is 8.87. The average molecular weight is 337 g/mol. The average Bonchev–Trinajstić information content (AvgIpc) is 3.15. The van der Waals surface area contributed by atoms with Crippen LogP contribution in [0.5, 0.6) is 0 Å². The summed E-state index contributed by atoms with van der Waals surface area (Å²) < 4.78 is 6.33. The molecule has 2 bridgehead atoms. The molecule has 2 aliphatic carbocycles. The molecule has 0 aromatic heterocycles. The van der Waals surface area contributed by atoms with Gasteiger partial charge in [0.15, 0.2) is 0 Å². The number of carboxylic acid groups (broad SMARTS) is 1. The van der Waals surface area contributed by atoms with Gasteiger partial charge in [0.05, 0.1) is 6.10 Å². The molecule has 1 N–H and O–H groups in total. The monoisotopic (exact) mass is 336 g/mol. The fourth-order valence-corrected chi connectivity index (χ4v) is 4.61. The van der Waals surface area contributed by atoms with E-state index in [9.17, 15) is 4.79 Å². The van der Waals surface area contributed by atoms with Gasteiger partial charge in [0.25, 0.3) is 0 Å². The highest BCUT2D eigenvalue weighted by atomic mass is 16.5. The minimum atomic E-state index is -0.691. The van der Waals surface area contributed by atoms with Crippen LogP contribution in [0.3, 0.4) is 0 Å². The Bertz CT molecular complexity index is 391. The van der Waals surface area contributed by atoms with Gasteiger partial charge in [0, 0.05) is 13.0 Å². The smallest absolute Gasteiger partial charge is 0.303 e. The van der Waals surface area contributed by atoms with Crippen molar-refractivity contribution in [2.24, 2.45) is 17.8 Å². The summed E-state index contributed by atoms with van der Waals surface area (Å²) in [5.74, 6) is 1.68. The van der Waals surface area contributed by atoms with Crippen LogP contribution in [0.4, 0.5) is 0 Å². The third kappa shape index (κ3) is 6.23. The molecule has 0 heterocycles. The topological polar surface area (TPSA) is 46.5 Å². The normalized spacial score (nSPS) is 28.9. The number of hydrogen-bond donors (Lipinski definition) is 1. The minimum Gasteiger partial charge on any atom is -0.481 e. The number of carbonyl (C=O) groups is 1.